The molecule has 4 nitrogen and oxygen atoms in total. The number of carbonyl (C=O) groups is 1. The Hall–Kier alpha value is -2.89. The number of hydrogen-bond acceptors (Lipinski definition) is 2. The minimum atomic E-state index is -0.295. The highest BCUT2D eigenvalue weighted by Gasteiger charge is 2.43. The number of H-pyrrole nitrogens is 1. The van der Waals surface area contributed by atoms with Crippen LogP contribution in [0.25, 0.3) is 11.3 Å². The van der Waals surface area contributed by atoms with Crippen LogP contribution in [0, 0.1) is 6.92 Å². The number of benzene rings is 3. The van der Waals surface area contributed by atoms with E-state index in [1.807, 2.05) is 48.5 Å². The Kier molecular flexibility index (Phi) is 4.72. The van der Waals surface area contributed by atoms with Gasteiger partial charge in [0.25, 0.3) is 5.91 Å². The maximum atomic E-state index is 13.4. The number of carbonyl (C=O) groups excluding carboxylic acids is 1. The third-order valence-electron chi connectivity index (χ3n) is 5.38. The molecule has 1 N–H and O–H groups in total. The van der Waals surface area contributed by atoms with Crippen molar-refractivity contribution in [1.29, 1.82) is 0 Å². The van der Waals surface area contributed by atoms with Crippen LogP contribution in [0.2, 0.25) is 5.02 Å². The van der Waals surface area contributed by atoms with Gasteiger partial charge >= 0.3 is 0 Å². The monoisotopic (exact) mass is 477 g/mol. The van der Waals surface area contributed by atoms with E-state index in [4.69, 9.17) is 11.6 Å². The largest absolute Gasteiger partial charge is 0.295 e. The Morgan fingerprint density at radius 3 is 2.30 bits per heavy atom. The molecular formula is C24H17BrClN3O. The number of nitrogens with one attached hydrogen (secondary N) is 1. The van der Waals surface area contributed by atoms with E-state index in [0.717, 1.165) is 32.5 Å². The van der Waals surface area contributed by atoms with Crippen LogP contribution in [0.3, 0.4) is 0 Å². The second-order valence-corrected chi connectivity index (χ2v) is 8.68. The average Bonchev–Trinajstić information content (AvgIpc) is 3.29. The van der Waals surface area contributed by atoms with Gasteiger partial charge in [-0.25, -0.2) is 0 Å². The zero-order chi connectivity index (χ0) is 20.8. The van der Waals surface area contributed by atoms with Gasteiger partial charge in [0.15, 0.2) is 0 Å². The number of aryl methyl sites for hydroxylation is 1. The molecule has 1 atom stereocenters. The number of anilines is 1. The zero-order valence-electron chi connectivity index (χ0n) is 16.1. The molecule has 0 saturated heterocycles. The fourth-order valence-electron chi connectivity index (χ4n) is 3.91. The Labute approximate surface area is 187 Å². The average molecular weight is 479 g/mol. The van der Waals surface area contributed by atoms with E-state index in [1.54, 1.807) is 17.0 Å². The minimum Gasteiger partial charge on any atom is -0.295 e. The predicted octanol–water partition coefficient (Wildman–Crippen LogP) is 6.55. The molecule has 0 spiro atoms. The lowest BCUT2D eigenvalue weighted by Crippen LogP contribution is -2.29. The number of fused-ring (bicyclic) bond motifs is 1. The molecule has 1 amide bonds. The van der Waals surface area contributed by atoms with Crippen LogP contribution in [0.1, 0.15) is 33.2 Å². The van der Waals surface area contributed by atoms with E-state index >= 15 is 0 Å². The molecule has 0 radical (unpaired) electrons. The number of hydrogen-bond donors (Lipinski definition) is 1. The molecule has 148 valence electrons. The topological polar surface area (TPSA) is 49.0 Å². The highest BCUT2D eigenvalue weighted by Crippen LogP contribution is 2.45. The van der Waals surface area contributed by atoms with Gasteiger partial charge in [-0.15, -0.1) is 0 Å². The Morgan fingerprint density at radius 2 is 1.63 bits per heavy atom. The molecule has 3 aromatic carbocycles. The molecule has 0 unspecified atom stereocenters. The van der Waals surface area contributed by atoms with Crippen molar-refractivity contribution in [3.63, 3.8) is 0 Å². The normalized spacial score (nSPS) is 15.5. The fourth-order valence-corrected chi connectivity index (χ4v) is 4.30. The maximum absolute atomic E-state index is 13.4. The molecule has 4 aromatic rings. The molecule has 0 aliphatic carbocycles. The lowest BCUT2D eigenvalue weighted by atomic mass is 9.95. The molecule has 0 bridgehead atoms. The number of aromatic nitrogens is 2. The van der Waals surface area contributed by atoms with Crippen molar-refractivity contribution < 1.29 is 4.79 Å². The Balaban J connectivity index is 1.71. The third kappa shape index (κ3) is 3.15. The van der Waals surface area contributed by atoms with Crippen molar-refractivity contribution in [3.8, 4) is 11.3 Å². The summed E-state index contributed by atoms with van der Waals surface area (Å²) in [5.41, 5.74) is 6.16. The van der Waals surface area contributed by atoms with Crippen molar-refractivity contribution in [3.05, 3.63) is 105 Å². The molecule has 1 aromatic heterocycles. The summed E-state index contributed by atoms with van der Waals surface area (Å²) in [6.07, 6.45) is 0. The minimum absolute atomic E-state index is 0.105. The van der Waals surface area contributed by atoms with Crippen LogP contribution in [0.15, 0.2) is 77.3 Å². The second-order valence-electron chi connectivity index (χ2n) is 7.33. The third-order valence-corrected chi connectivity index (χ3v) is 6.16. The van der Waals surface area contributed by atoms with Crippen LogP contribution in [-0.4, -0.2) is 16.1 Å². The first-order valence-corrected chi connectivity index (χ1v) is 10.7. The van der Waals surface area contributed by atoms with Crippen LogP contribution >= 0.6 is 27.5 Å². The van der Waals surface area contributed by atoms with Crippen LogP contribution in [-0.2, 0) is 0 Å². The van der Waals surface area contributed by atoms with Crippen LogP contribution in [0.4, 0.5) is 5.69 Å². The molecule has 0 saturated carbocycles. The zero-order valence-corrected chi connectivity index (χ0v) is 18.4. The van der Waals surface area contributed by atoms with E-state index in [0.29, 0.717) is 10.7 Å². The van der Waals surface area contributed by atoms with Gasteiger partial charge in [-0.3, -0.25) is 14.8 Å². The highest BCUT2D eigenvalue weighted by molar-refractivity contribution is 9.10. The Morgan fingerprint density at radius 1 is 0.967 bits per heavy atom. The van der Waals surface area contributed by atoms with E-state index in [1.165, 1.54) is 5.56 Å². The van der Waals surface area contributed by atoms with Crippen LogP contribution < -0.4 is 4.90 Å². The molecule has 1 aliphatic rings. The summed E-state index contributed by atoms with van der Waals surface area (Å²) in [6.45, 7) is 2.05. The number of amides is 1. The van der Waals surface area contributed by atoms with Crippen molar-refractivity contribution in [2.75, 3.05) is 4.90 Å². The summed E-state index contributed by atoms with van der Waals surface area (Å²) in [5.74, 6) is -0.105. The molecule has 2 heterocycles. The highest BCUT2D eigenvalue weighted by atomic mass is 79.9. The van der Waals surface area contributed by atoms with Gasteiger partial charge < -0.3 is 0 Å². The lowest BCUT2D eigenvalue weighted by molar-refractivity contribution is 0.0989. The number of halogens is 2. The summed E-state index contributed by atoms with van der Waals surface area (Å²) in [6, 6.07) is 23.3. The summed E-state index contributed by atoms with van der Waals surface area (Å²) < 4.78 is 0.986. The van der Waals surface area contributed by atoms with E-state index in [2.05, 4.69) is 45.2 Å². The molecule has 30 heavy (non-hydrogen) atoms. The summed E-state index contributed by atoms with van der Waals surface area (Å²) in [5, 5.41) is 8.15. The first-order chi connectivity index (χ1) is 14.5. The van der Waals surface area contributed by atoms with Crippen molar-refractivity contribution >= 4 is 39.1 Å². The maximum Gasteiger partial charge on any atom is 0.277 e. The molecule has 1 aliphatic heterocycles. The van der Waals surface area contributed by atoms with E-state index in [9.17, 15) is 4.79 Å². The molecule has 6 heteroatoms. The van der Waals surface area contributed by atoms with E-state index < -0.39 is 0 Å². The number of aromatic amines is 1. The van der Waals surface area contributed by atoms with Gasteiger partial charge in [-0.05, 0) is 48.9 Å². The molecular weight excluding hydrogens is 462 g/mol. The second kappa shape index (κ2) is 7.42. The summed E-state index contributed by atoms with van der Waals surface area (Å²) >= 11 is 9.59. The molecule has 5 rings (SSSR count). The number of nitrogens with zero attached hydrogens (tertiary/aromatic N) is 2. The van der Waals surface area contributed by atoms with Gasteiger partial charge in [0.2, 0.25) is 0 Å². The smallest absolute Gasteiger partial charge is 0.277 e. The van der Waals surface area contributed by atoms with Gasteiger partial charge in [0, 0.05) is 26.3 Å². The van der Waals surface area contributed by atoms with Gasteiger partial charge in [-0.1, -0.05) is 69.5 Å². The first-order valence-electron chi connectivity index (χ1n) is 9.53. The Bertz CT molecular complexity index is 1230. The van der Waals surface area contributed by atoms with Crippen molar-refractivity contribution in [2.24, 2.45) is 0 Å². The summed E-state index contributed by atoms with van der Waals surface area (Å²) in [4.78, 5) is 15.2. The standard InChI is InChI=1S/C24H17BrClN3O/c1-14-2-4-15(5-3-14)21-20-22(28-27-21)24(30)29(19-12-10-18(26)11-13-19)23(20)16-6-8-17(25)9-7-16/h2-13,23H,1H3,(H,27,28)/t23-/m0/s1. The van der Waals surface area contributed by atoms with Crippen molar-refractivity contribution in [2.45, 2.75) is 13.0 Å². The van der Waals surface area contributed by atoms with Gasteiger partial charge in [0.1, 0.15) is 5.69 Å². The SMILES string of the molecule is Cc1ccc(-c2n[nH]c3c2[C@H](c2ccc(Br)cc2)N(c2ccc(Cl)cc2)C3=O)cc1. The van der Waals surface area contributed by atoms with Crippen LogP contribution in [0.5, 0.6) is 0 Å². The quantitative estimate of drug-likeness (QED) is 0.363. The van der Waals surface area contributed by atoms with Crippen molar-refractivity contribution in [1.82, 2.24) is 10.2 Å². The molecule has 0 fully saturated rings. The van der Waals surface area contributed by atoms with E-state index in [-0.39, 0.29) is 11.9 Å². The van der Waals surface area contributed by atoms with Gasteiger partial charge in [-0.2, -0.15) is 5.10 Å². The number of rotatable bonds is 3. The summed E-state index contributed by atoms with van der Waals surface area (Å²) in [7, 11) is 0. The fraction of sp³-hybridized carbons (Fsp3) is 0.0833. The predicted molar refractivity (Wildman–Crippen MR) is 123 cm³/mol. The van der Waals surface area contributed by atoms with Gasteiger partial charge in [0.05, 0.1) is 11.7 Å². The lowest BCUT2D eigenvalue weighted by Gasteiger charge is -2.26. The first kappa shape index (κ1) is 19.1.